The summed E-state index contributed by atoms with van der Waals surface area (Å²) in [4.78, 5) is 39.4. The number of urea groups is 1. The molecule has 184 valence electrons. The first-order valence-corrected chi connectivity index (χ1v) is 11.2. The first-order chi connectivity index (χ1) is 16.0. The third-order valence-electron chi connectivity index (χ3n) is 5.73. The van der Waals surface area contributed by atoms with E-state index in [0.717, 1.165) is 5.56 Å². The summed E-state index contributed by atoms with van der Waals surface area (Å²) in [5.74, 6) is -0.639. The Hall–Kier alpha value is -3.47. The molecular weight excluding hydrogens is 438 g/mol. The molecule has 1 aromatic carbocycles. The van der Waals surface area contributed by atoms with E-state index in [1.807, 2.05) is 52.0 Å². The van der Waals surface area contributed by atoms with Crippen LogP contribution >= 0.6 is 0 Å². The van der Waals surface area contributed by atoms with Crippen LogP contribution in [0.1, 0.15) is 44.5 Å². The highest BCUT2D eigenvalue weighted by Gasteiger charge is 2.44. The lowest BCUT2D eigenvalue weighted by Crippen LogP contribution is -2.49. The maximum Gasteiger partial charge on any atom is 0.319 e. The van der Waals surface area contributed by atoms with Crippen molar-refractivity contribution in [3.63, 3.8) is 0 Å². The van der Waals surface area contributed by atoms with E-state index in [-0.39, 0.29) is 37.4 Å². The van der Waals surface area contributed by atoms with Gasteiger partial charge in [-0.15, -0.1) is 5.10 Å². The molecule has 2 aromatic rings. The number of likely N-dealkylation sites (N-methyl/N-ethyl adjacent to an activating group) is 1. The highest BCUT2D eigenvalue weighted by molar-refractivity contribution is 5.90. The maximum absolute atomic E-state index is 13.5. The van der Waals surface area contributed by atoms with Crippen molar-refractivity contribution >= 4 is 23.5 Å². The van der Waals surface area contributed by atoms with Gasteiger partial charge in [-0.1, -0.05) is 43.7 Å². The van der Waals surface area contributed by atoms with Crippen molar-refractivity contribution < 1.29 is 19.5 Å². The second-order valence-electron chi connectivity index (χ2n) is 9.64. The van der Waals surface area contributed by atoms with Crippen LogP contribution in [0.3, 0.4) is 0 Å². The quantitative estimate of drug-likeness (QED) is 0.499. The Morgan fingerprint density at radius 2 is 1.88 bits per heavy atom. The maximum atomic E-state index is 13.5. The number of hydrogen-bond donors (Lipinski definition) is 4. The molecule has 1 aliphatic heterocycles. The van der Waals surface area contributed by atoms with Crippen LogP contribution in [0, 0.1) is 12.3 Å². The number of carbonyl (C=O) groups is 3. The van der Waals surface area contributed by atoms with E-state index >= 15 is 0 Å². The first-order valence-electron chi connectivity index (χ1n) is 11.2. The highest BCUT2D eigenvalue weighted by atomic mass is 16.3. The summed E-state index contributed by atoms with van der Waals surface area (Å²) in [6.07, 6.45) is 1.03. The fourth-order valence-corrected chi connectivity index (χ4v) is 4.01. The van der Waals surface area contributed by atoms with E-state index in [4.69, 9.17) is 0 Å². The zero-order chi connectivity index (χ0) is 25.0. The summed E-state index contributed by atoms with van der Waals surface area (Å²) in [6, 6.07) is 5.54. The molecule has 34 heavy (non-hydrogen) atoms. The number of likely N-dealkylation sites (tertiary alicyclic amines) is 1. The Labute approximate surface area is 198 Å². The molecule has 0 aliphatic carbocycles. The molecule has 0 bridgehead atoms. The molecule has 1 fully saturated rings. The van der Waals surface area contributed by atoms with Crippen molar-refractivity contribution in [2.75, 3.05) is 18.9 Å². The summed E-state index contributed by atoms with van der Waals surface area (Å²) in [6.45, 7) is 7.84. The average molecular weight is 472 g/mol. The predicted molar refractivity (Wildman–Crippen MR) is 126 cm³/mol. The Bertz CT molecular complexity index is 1030. The van der Waals surface area contributed by atoms with E-state index in [1.54, 1.807) is 6.20 Å². The lowest BCUT2D eigenvalue weighted by molar-refractivity contribution is -0.144. The standard InChI is InChI=1S/C23H33N7O4/c1-14-6-8-15(9-7-14)26-22(34)25-11-16-12-30(28-27-16)19(23(2,3)4)21(33)29-13-17(31)10-18(29)20(32)24-5/h6-9,12,17-19,31H,10-11,13H2,1-5H3,(H,24,32)(H2,25,26,34)/t17?,18-,19?/m1/s1. The van der Waals surface area contributed by atoms with Gasteiger partial charge in [-0.3, -0.25) is 9.59 Å². The van der Waals surface area contributed by atoms with Gasteiger partial charge in [0.1, 0.15) is 17.8 Å². The number of aliphatic hydroxyl groups excluding tert-OH is 1. The van der Waals surface area contributed by atoms with Crippen molar-refractivity contribution in [1.82, 2.24) is 30.5 Å². The number of aromatic nitrogens is 3. The zero-order valence-electron chi connectivity index (χ0n) is 20.2. The van der Waals surface area contributed by atoms with Gasteiger partial charge >= 0.3 is 6.03 Å². The van der Waals surface area contributed by atoms with Gasteiger partial charge in [-0.05, 0) is 24.5 Å². The monoisotopic (exact) mass is 471 g/mol. The first kappa shape index (κ1) is 25.2. The van der Waals surface area contributed by atoms with Gasteiger partial charge in [-0.2, -0.15) is 0 Å². The minimum absolute atomic E-state index is 0.0752. The van der Waals surface area contributed by atoms with Crippen LogP contribution in [0.5, 0.6) is 0 Å². The molecule has 0 radical (unpaired) electrons. The van der Waals surface area contributed by atoms with Crippen LogP contribution in [-0.4, -0.2) is 68.6 Å². The summed E-state index contributed by atoms with van der Waals surface area (Å²) < 4.78 is 1.46. The number of anilines is 1. The predicted octanol–water partition coefficient (Wildman–Crippen LogP) is 1.20. The van der Waals surface area contributed by atoms with E-state index in [1.165, 1.54) is 16.6 Å². The number of β-amino-alcohol motifs (C(OH)–C–C–N with tert-alkyl or cyclic N) is 1. The van der Waals surface area contributed by atoms with Crippen molar-refractivity contribution in [3.8, 4) is 0 Å². The van der Waals surface area contributed by atoms with Crippen molar-refractivity contribution in [3.05, 3.63) is 41.7 Å². The smallest absolute Gasteiger partial charge is 0.319 e. The van der Waals surface area contributed by atoms with Crippen LogP contribution in [0.2, 0.25) is 0 Å². The van der Waals surface area contributed by atoms with Crippen LogP contribution in [0.25, 0.3) is 0 Å². The number of amides is 4. The van der Waals surface area contributed by atoms with Gasteiger partial charge in [0.15, 0.2) is 0 Å². The summed E-state index contributed by atoms with van der Waals surface area (Å²) in [7, 11) is 1.50. The van der Waals surface area contributed by atoms with Gasteiger partial charge in [0.25, 0.3) is 0 Å². The van der Waals surface area contributed by atoms with E-state index in [0.29, 0.717) is 11.4 Å². The summed E-state index contributed by atoms with van der Waals surface area (Å²) in [5, 5.41) is 26.4. The minimum atomic E-state index is -0.769. The van der Waals surface area contributed by atoms with Crippen LogP contribution in [0.4, 0.5) is 10.5 Å². The highest BCUT2D eigenvalue weighted by Crippen LogP contribution is 2.34. The van der Waals surface area contributed by atoms with Crippen molar-refractivity contribution in [2.45, 2.75) is 58.8 Å². The van der Waals surface area contributed by atoms with Crippen LogP contribution in [-0.2, 0) is 16.1 Å². The molecule has 0 saturated carbocycles. The lowest BCUT2D eigenvalue weighted by atomic mass is 9.85. The third kappa shape index (κ3) is 5.90. The number of rotatable bonds is 6. The molecule has 2 heterocycles. The van der Waals surface area contributed by atoms with E-state index < -0.39 is 23.6 Å². The Balaban J connectivity index is 1.70. The van der Waals surface area contributed by atoms with E-state index in [9.17, 15) is 19.5 Å². The molecule has 4 amide bonds. The van der Waals surface area contributed by atoms with Crippen LogP contribution < -0.4 is 16.0 Å². The number of carbonyl (C=O) groups excluding carboxylic acids is 3. The Kier molecular flexibility index (Phi) is 7.55. The van der Waals surface area contributed by atoms with Gasteiger partial charge in [-0.25, -0.2) is 9.48 Å². The number of aliphatic hydroxyl groups is 1. The molecule has 4 N–H and O–H groups in total. The molecule has 1 aromatic heterocycles. The number of aryl methyl sites for hydroxylation is 1. The number of nitrogens with one attached hydrogen (secondary N) is 3. The second kappa shape index (κ2) is 10.2. The third-order valence-corrected chi connectivity index (χ3v) is 5.73. The molecule has 2 unspecified atom stereocenters. The molecular formula is C23H33N7O4. The van der Waals surface area contributed by atoms with Gasteiger partial charge in [0.05, 0.1) is 18.8 Å². The average Bonchev–Trinajstić information content (AvgIpc) is 3.39. The molecule has 3 atom stereocenters. The van der Waals surface area contributed by atoms with E-state index in [2.05, 4.69) is 26.3 Å². The fraction of sp³-hybridized carbons (Fsp3) is 0.522. The largest absolute Gasteiger partial charge is 0.391 e. The molecule has 1 aliphatic rings. The normalized spacial score (nSPS) is 18.9. The molecule has 11 nitrogen and oxygen atoms in total. The van der Waals surface area contributed by atoms with Gasteiger partial charge in [0, 0.05) is 25.7 Å². The molecule has 1 saturated heterocycles. The van der Waals surface area contributed by atoms with Crippen LogP contribution in [0.15, 0.2) is 30.5 Å². The minimum Gasteiger partial charge on any atom is -0.391 e. The van der Waals surface area contributed by atoms with Gasteiger partial charge in [0.2, 0.25) is 11.8 Å². The summed E-state index contributed by atoms with van der Waals surface area (Å²) in [5.41, 5.74) is 1.68. The molecule has 3 rings (SSSR count). The van der Waals surface area contributed by atoms with Gasteiger partial charge < -0.3 is 26.0 Å². The SMILES string of the molecule is CNC(=O)[C@H]1CC(O)CN1C(=O)C(n1cc(CNC(=O)Nc2ccc(C)cc2)nn1)C(C)(C)C. The fourth-order valence-electron chi connectivity index (χ4n) is 4.01. The number of hydrogen-bond acceptors (Lipinski definition) is 6. The molecule has 0 spiro atoms. The number of nitrogens with zero attached hydrogens (tertiary/aromatic N) is 4. The zero-order valence-corrected chi connectivity index (χ0v) is 20.2. The topological polar surface area (TPSA) is 141 Å². The lowest BCUT2D eigenvalue weighted by Gasteiger charge is -2.34. The van der Waals surface area contributed by atoms with Crippen molar-refractivity contribution in [1.29, 1.82) is 0 Å². The summed E-state index contributed by atoms with van der Waals surface area (Å²) >= 11 is 0. The second-order valence-corrected chi connectivity index (χ2v) is 9.64. The molecule has 11 heteroatoms. The Morgan fingerprint density at radius 1 is 1.21 bits per heavy atom. The number of benzene rings is 1. The Morgan fingerprint density at radius 3 is 2.50 bits per heavy atom. The van der Waals surface area contributed by atoms with Crippen molar-refractivity contribution in [2.24, 2.45) is 5.41 Å².